The SMILES string of the molecule is [2H]C([2H])(OCCCCCCCCCCCC)[C@H]1COC(C)(C)O1. The van der Waals surface area contributed by atoms with E-state index in [9.17, 15) is 0 Å². The van der Waals surface area contributed by atoms with Crippen LogP contribution in [0.15, 0.2) is 0 Å². The van der Waals surface area contributed by atoms with Crippen molar-refractivity contribution in [2.45, 2.75) is 96.9 Å². The minimum absolute atomic E-state index is 0.248. The topological polar surface area (TPSA) is 27.7 Å². The quantitative estimate of drug-likeness (QED) is 0.444. The van der Waals surface area contributed by atoms with Gasteiger partial charge in [-0.3, -0.25) is 0 Å². The molecule has 126 valence electrons. The van der Waals surface area contributed by atoms with E-state index in [-0.39, 0.29) is 6.61 Å². The highest BCUT2D eigenvalue weighted by Gasteiger charge is 2.32. The van der Waals surface area contributed by atoms with Crippen molar-refractivity contribution < 1.29 is 17.0 Å². The molecule has 0 aromatic rings. The molecule has 0 unspecified atom stereocenters. The predicted molar refractivity (Wildman–Crippen MR) is 87.6 cm³/mol. The van der Waals surface area contributed by atoms with Gasteiger partial charge in [0.1, 0.15) is 6.10 Å². The Labute approximate surface area is 134 Å². The first kappa shape index (κ1) is 15.8. The van der Waals surface area contributed by atoms with E-state index in [4.69, 9.17) is 17.0 Å². The Hall–Kier alpha value is -0.120. The molecular formula is C18H36O3. The summed E-state index contributed by atoms with van der Waals surface area (Å²) in [6.45, 7) is 4.77. The highest BCUT2D eigenvalue weighted by molar-refractivity contribution is 4.70. The van der Waals surface area contributed by atoms with E-state index in [1.165, 1.54) is 51.4 Å². The molecule has 1 aliphatic rings. The van der Waals surface area contributed by atoms with Crippen molar-refractivity contribution in [2.75, 3.05) is 19.8 Å². The Kier molecular flexibility index (Phi) is 8.59. The molecule has 0 aliphatic carbocycles. The van der Waals surface area contributed by atoms with Gasteiger partial charge >= 0.3 is 0 Å². The summed E-state index contributed by atoms with van der Waals surface area (Å²) in [5.41, 5.74) is 0. The van der Waals surface area contributed by atoms with E-state index in [0.717, 1.165) is 12.8 Å². The molecule has 21 heavy (non-hydrogen) atoms. The Balaban J connectivity index is 1.96. The minimum atomic E-state index is -1.77. The zero-order valence-electron chi connectivity index (χ0n) is 16.3. The van der Waals surface area contributed by atoms with Gasteiger partial charge in [-0.25, -0.2) is 0 Å². The maximum Gasteiger partial charge on any atom is 0.163 e. The van der Waals surface area contributed by atoms with Crippen molar-refractivity contribution >= 4 is 0 Å². The maximum absolute atomic E-state index is 7.97. The van der Waals surface area contributed by atoms with Crippen LogP contribution in [0.3, 0.4) is 0 Å². The van der Waals surface area contributed by atoms with Crippen LogP contribution in [0.2, 0.25) is 0 Å². The molecule has 1 rings (SSSR count). The fourth-order valence-electron chi connectivity index (χ4n) is 2.56. The Morgan fingerprint density at radius 1 is 1.00 bits per heavy atom. The van der Waals surface area contributed by atoms with Gasteiger partial charge in [0.15, 0.2) is 5.79 Å². The number of ether oxygens (including phenoxy) is 3. The van der Waals surface area contributed by atoms with E-state index in [1.54, 1.807) is 13.8 Å². The minimum Gasteiger partial charge on any atom is -0.379 e. The number of unbranched alkanes of at least 4 members (excludes halogenated alkanes) is 9. The molecule has 3 heteroatoms. The van der Waals surface area contributed by atoms with Crippen molar-refractivity contribution in [3.05, 3.63) is 0 Å². The van der Waals surface area contributed by atoms with Crippen LogP contribution >= 0.6 is 0 Å². The number of hydrogen-bond acceptors (Lipinski definition) is 3. The summed E-state index contributed by atoms with van der Waals surface area (Å²) in [6, 6.07) is 0. The van der Waals surface area contributed by atoms with Gasteiger partial charge < -0.3 is 14.2 Å². The second kappa shape index (κ2) is 11.4. The van der Waals surface area contributed by atoms with Gasteiger partial charge in [0.05, 0.1) is 15.9 Å². The lowest BCUT2D eigenvalue weighted by Gasteiger charge is -2.17. The fourth-order valence-corrected chi connectivity index (χ4v) is 2.56. The van der Waals surface area contributed by atoms with E-state index < -0.39 is 18.5 Å². The van der Waals surface area contributed by atoms with E-state index in [1.807, 2.05) is 0 Å². The molecule has 1 saturated heterocycles. The highest BCUT2D eigenvalue weighted by Crippen LogP contribution is 2.22. The third-order valence-electron chi connectivity index (χ3n) is 3.82. The summed E-state index contributed by atoms with van der Waals surface area (Å²) in [5.74, 6) is -0.710. The standard InChI is InChI=1S/C18H36O3/c1-4-5-6-7-8-9-10-11-12-13-14-19-15-17-16-20-18(2,3)21-17/h17H,4-16H2,1-3H3/t17-/m0/s1/i15D2. The zero-order valence-corrected chi connectivity index (χ0v) is 14.3. The van der Waals surface area contributed by atoms with E-state index in [2.05, 4.69) is 6.92 Å². The first-order valence-electron chi connectivity index (χ1n) is 9.83. The zero-order chi connectivity index (χ0) is 17.2. The summed E-state index contributed by atoms with van der Waals surface area (Å²) < 4.78 is 32.3. The van der Waals surface area contributed by atoms with Crippen molar-refractivity contribution in [3.8, 4) is 0 Å². The lowest BCUT2D eigenvalue weighted by atomic mass is 10.1. The van der Waals surface area contributed by atoms with Crippen LogP contribution < -0.4 is 0 Å². The Bertz CT molecular complexity index is 309. The fraction of sp³-hybridized carbons (Fsp3) is 1.00. The molecule has 0 aromatic heterocycles. The second-order valence-corrected chi connectivity index (χ2v) is 6.47. The molecule has 0 bridgehead atoms. The van der Waals surface area contributed by atoms with E-state index in [0.29, 0.717) is 6.61 Å². The molecule has 1 atom stereocenters. The van der Waals surface area contributed by atoms with Gasteiger partial charge in [-0.2, -0.15) is 0 Å². The normalized spacial score (nSPS) is 23.1. The smallest absolute Gasteiger partial charge is 0.163 e. The molecular weight excluding hydrogens is 264 g/mol. The second-order valence-electron chi connectivity index (χ2n) is 6.47. The van der Waals surface area contributed by atoms with Gasteiger partial charge in [-0.05, 0) is 20.3 Å². The average Bonchev–Trinajstić information content (AvgIpc) is 2.86. The molecule has 1 heterocycles. The Morgan fingerprint density at radius 2 is 1.57 bits per heavy atom. The van der Waals surface area contributed by atoms with Crippen LogP contribution in [0.5, 0.6) is 0 Å². The first-order valence-corrected chi connectivity index (χ1v) is 8.83. The monoisotopic (exact) mass is 302 g/mol. The van der Waals surface area contributed by atoms with Crippen LogP contribution in [0.1, 0.15) is 87.7 Å². The summed E-state index contributed by atoms with van der Waals surface area (Å²) in [4.78, 5) is 0. The van der Waals surface area contributed by atoms with Crippen LogP contribution in [0.25, 0.3) is 0 Å². The average molecular weight is 302 g/mol. The van der Waals surface area contributed by atoms with Crippen LogP contribution in [0, 0.1) is 0 Å². The molecule has 1 fully saturated rings. The van der Waals surface area contributed by atoms with Gasteiger partial charge in [-0.15, -0.1) is 0 Å². The van der Waals surface area contributed by atoms with Gasteiger partial charge in [-0.1, -0.05) is 64.7 Å². The highest BCUT2D eigenvalue weighted by atomic mass is 16.7. The third-order valence-corrected chi connectivity index (χ3v) is 3.82. The third kappa shape index (κ3) is 10.3. The lowest BCUT2D eigenvalue weighted by molar-refractivity contribution is -0.145. The summed E-state index contributed by atoms with van der Waals surface area (Å²) in [6.07, 6.45) is 12.0. The Morgan fingerprint density at radius 3 is 2.10 bits per heavy atom. The van der Waals surface area contributed by atoms with E-state index >= 15 is 0 Å². The van der Waals surface area contributed by atoms with Gasteiger partial charge in [0.25, 0.3) is 0 Å². The molecule has 0 amide bonds. The predicted octanol–water partition coefficient (Wildman–Crippen LogP) is 5.08. The van der Waals surface area contributed by atoms with Crippen molar-refractivity contribution in [2.24, 2.45) is 0 Å². The van der Waals surface area contributed by atoms with Crippen molar-refractivity contribution in [1.82, 2.24) is 0 Å². The molecule has 0 N–H and O–H groups in total. The first-order chi connectivity index (χ1) is 10.9. The molecule has 1 aliphatic heterocycles. The molecule has 3 nitrogen and oxygen atoms in total. The van der Waals surface area contributed by atoms with Crippen LogP contribution in [0.4, 0.5) is 0 Å². The molecule has 0 saturated carbocycles. The largest absolute Gasteiger partial charge is 0.379 e. The van der Waals surface area contributed by atoms with Gasteiger partial charge in [0.2, 0.25) is 0 Å². The van der Waals surface area contributed by atoms with Crippen LogP contribution in [-0.2, 0) is 14.2 Å². The number of hydrogen-bond donors (Lipinski definition) is 0. The molecule has 0 spiro atoms. The summed E-state index contributed by atoms with van der Waals surface area (Å²) in [7, 11) is 0. The maximum atomic E-state index is 7.97. The summed E-state index contributed by atoms with van der Waals surface area (Å²) in [5, 5.41) is 0. The van der Waals surface area contributed by atoms with Gasteiger partial charge in [0, 0.05) is 6.61 Å². The molecule has 0 radical (unpaired) electrons. The van der Waals surface area contributed by atoms with Crippen molar-refractivity contribution in [3.63, 3.8) is 0 Å². The van der Waals surface area contributed by atoms with Crippen molar-refractivity contribution in [1.29, 1.82) is 0 Å². The molecule has 0 aromatic carbocycles. The van der Waals surface area contributed by atoms with Crippen LogP contribution in [-0.4, -0.2) is 31.7 Å². The lowest BCUT2D eigenvalue weighted by Crippen LogP contribution is -2.24. The number of rotatable bonds is 13. The summed E-state index contributed by atoms with van der Waals surface area (Å²) >= 11 is 0.